The summed E-state index contributed by atoms with van der Waals surface area (Å²) in [6.07, 6.45) is -0.506. The van der Waals surface area contributed by atoms with Crippen LogP contribution in [0.5, 0.6) is 0 Å². The molecule has 2 amide bonds. The first kappa shape index (κ1) is 19.4. The summed E-state index contributed by atoms with van der Waals surface area (Å²) in [5.74, 6) is -2.26. The molecule has 2 aromatic carbocycles. The second kappa shape index (κ2) is 8.96. The van der Waals surface area contributed by atoms with Crippen molar-refractivity contribution in [2.75, 3.05) is 12.4 Å². The van der Waals surface area contributed by atoms with Crippen LogP contribution in [0.2, 0.25) is 5.02 Å². The minimum absolute atomic E-state index is 0.00111. The maximum absolute atomic E-state index is 14.2. The van der Waals surface area contributed by atoms with Crippen molar-refractivity contribution in [1.82, 2.24) is 5.12 Å². The lowest BCUT2D eigenvalue weighted by molar-refractivity contribution is -0.142. The maximum Gasteiger partial charge on any atom is 0.315 e. The third kappa shape index (κ3) is 5.29. The predicted octanol–water partition coefficient (Wildman–Crippen LogP) is 3.37. The number of ether oxygens (including phenoxy) is 1. The maximum atomic E-state index is 14.2. The SMILES string of the molecule is COC(=O)CC(=O)Nc1cc(C(=O)N(F)Cc2ccccc2)ccc1Cl. The number of nitrogens with one attached hydrogen (secondary N) is 1. The smallest absolute Gasteiger partial charge is 0.315 e. The van der Waals surface area contributed by atoms with Gasteiger partial charge in [0.2, 0.25) is 5.91 Å². The molecule has 0 bridgehead atoms. The average Bonchev–Trinajstić information content (AvgIpc) is 2.63. The molecule has 2 aromatic rings. The third-order valence-electron chi connectivity index (χ3n) is 3.40. The van der Waals surface area contributed by atoms with Crippen LogP contribution in [0.25, 0.3) is 0 Å². The van der Waals surface area contributed by atoms with E-state index < -0.39 is 24.2 Å². The van der Waals surface area contributed by atoms with Crippen molar-refractivity contribution < 1.29 is 23.6 Å². The first-order valence-corrected chi connectivity index (χ1v) is 7.96. The highest BCUT2D eigenvalue weighted by Gasteiger charge is 2.18. The Balaban J connectivity index is 2.11. The molecular weight excluding hydrogens is 363 g/mol. The number of methoxy groups -OCH3 is 1. The number of amides is 2. The Kier molecular flexibility index (Phi) is 6.68. The summed E-state index contributed by atoms with van der Waals surface area (Å²) < 4.78 is 18.6. The Bertz CT molecular complexity index is 814. The van der Waals surface area contributed by atoms with Crippen LogP contribution in [0.3, 0.4) is 0 Å². The summed E-state index contributed by atoms with van der Waals surface area (Å²) in [4.78, 5) is 35.1. The lowest BCUT2D eigenvalue weighted by Crippen LogP contribution is -2.23. The van der Waals surface area contributed by atoms with Gasteiger partial charge in [-0.3, -0.25) is 14.4 Å². The van der Waals surface area contributed by atoms with Crippen molar-refractivity contribution in [3.8, 4) is 0 Å². The summed E-state index contributed by atoms with van der Waals surface area (Å²) >= 11 is 5.98. The van der Waals surface area contributed by atoms with Gasteiger partial charge in [-0.15, -0.1) is 0 Å². The molecule has 0 aliphatic carbocycles. The molecule has 0 atom stereocenters. The molecule has 0 fully saturated rings. The number of carbonyl (C=O) groups excluding carboxylic acids is 3. The predicted molar refractivity (Wildman–Crippen MR) is 94.1 cm³/mol. The molecule has 0 aromatic heterocycles. The van der Waals surface area contributed by atoms with E-state index in [0.29, 0.717) is 5.56 Å². The fourth-order valence-corrected chi connectivity index (χ4v) is 2.27. The molecule has 8 heteroatoms. The first-order chi connectivity index (χ1) is 12.4. The average molecular weight is 379 g/mol. The fourth-order valence-electron chi connectivity index (χ4n) is 2.11. The minimum Gasteiger partial charge on any atom is -0.469 e. The molecule has 6 nitrogen and oxygen atoms in total. The van der Waals surface area contributed by atoms with Gasteiger partial charge < -0.3 is 10.1 Å². The monoisotopic (exact) mass is 378 g/mol. The highest BCUT2D eigenvalue weighted by Crippen LogP contribution is 2.24. The number of halogens is 2. The van der Waals surface area contributed by atoms with E-state index in [1.54, 1.807) is 30.3 Å². The Morgan fingerprint density at radius 2 is 1.85 bits per heavy atom. The standard InChI is InChI=1S/C18H16ClFN2O4/c1-26-17(24)10-16(23)21-15-9-13(7-8-14(15)19)18(25)22(20)11-12-5-3-2-4-6-12/h2-9H,10-11H2,1H3,(H,21,23). The van der Waals surface area contributed by atoms with E-state index in [2.05, 4.69) is 10.1 Å². The Morgan fingerprint density at radius 1 is 1.15 bits per heavy atom. The zero-order chi connectivity index (χ0) is 19.1. The number of carbonyl (C=O) groups is 3. The van der Waals surface area contributed by atoms with Gasteiger partial charge >= 0.3 is 5.97 Å². The summed E-state index contributed by atoms with van der Waals surface area (Å²) in [5, 5.41) is 2.61. The van der Waals surface area contributed by atoms with Gasteiger partial charge in [-0.25, -0.2) is 0 Å². The number of benzene rings is 2. The van der Waals surface area contributed by atoms with E-state index in [4.69, 9.17) is 11.6 Å². The third-order valence-corrected chi connectivity index (χ3v) is 3.73. The van der Waals surface area contributed by atoms with Gasteiger partial charge in [-0.1, -0.05) is 46.4 Å². The van der Waals surface area contributed by atoms with E-state index in [-0.39, 0.29) is 27.9 Å². The molecule has 0 aliphatic heterocycles. The number of hydrogen-bond acceptors (Lipinski definition) is 4. The van der Waals surface area contributed by atoms with Crippen molar-refractivity contribution in [1.29, 1.82) is 0 Å². The normalized spacial score (nSPS) is 10.1. The zero-order valence-corrected chi connectivity index (χ0v) is 14.6. The highest BCUT2D eigenvalue weighted by molar-refractivity contribution is 6.34. The van der Waals surface area contributed by atoms with Gasteiger partial charge in [0.15, 0.2) is 0 Å². The number of nitrogens with zero attached hydrogens (tertiary/aromatic N) is 1. The first-order valence-electron chi connectivity index (χ1n) is 7.58. The molecule has 0 unspecified atom stereocenters. The highest BCUT2D eigenvalue weighted by atomic mass is 35.5. The molecule has 0 spiro atoms. The van der Waals surface area contributed by atoms with Gasteiger partial charge in [0.05, 0.1) is 24.4 Å². The van der Waals surface area contributed by atoms with Crippen LogP contribution in [-0.4, -0.2) is 30.0 Å². The zero-order valence-electron chi connectivity index (χ0n) is 13.9. The van der Waals surface area contributed by atoms with E-state index in [1.165, 1.54) is 18.2 Å². The second-order valence-electron chi connectivity index (χ2n) is 5.31. The Labute approximate surface area is 154 Å². The molecule has 0 aliphatic rings. The summed E-state index contributed by atoms with van der Waals surface area (Å²) in [6, 6.07) is 12.6. The largest absolute Gasteiger partial charge is 0.469 e. The van der Waals surface area contributed by atoms with Gasteiger partial charge in [-0.05, 0) is 23.8 Å². The van der Waals surface area contributed by atoms with Crippen molar-refractivity contribution in [2.45, 2.75) is 13.0 Å². The molecule has 136 valence electrons. The molecule has 0 saturated carbocycles. The summed E-state index contributed by atoms with van der Waals surface area (Å²) in [5.41, 5.74) is 0.727. The van der Waals surface area contributed by atoms with Crippen LogP contribution in [-0.2, 0) is 20.9 Å². The van der Waals surface area contributed by atoms with Crippen LogP contribution in [0, 0.1) is 0 Å². The van der Waals surface area contributed by atoms with Crippen LogP contribution < -0.4 is 5.32 Å². The minimum atomic E-state index is -0.881. The fraction of sp³-hybridized carbons (Fsp3) is 0.167. The van der Waals surface area contributed by atoms with Crippen molar-refractivity contribution in [2.24, 2.45) is 0 Å². The molecule has 1 N–H and O–H groups in total. The van der Waals surface area contributed by atoms with E-state index in [0.717, 1.165) is 7.11 Å². The number of anilines is 1. The molecule has 26 heavy (non-hydrogen) atoms. The second-order valence-corrected chi connectivity index (χ2v) is 5.71. The van der Waals surface area contributed by atoms with Gasteiger partial charge in [0.25, 0.3) is 5.91 Å². The van der Waals surface area contributed by atoms with Crippen LogP contribution in [0.4, 0.5) is 10.2 Å². The molecule has 0 radical (unpaired) electrons. The Hall–Kier alpha value is -2.93. The van der Waals surface area contributed by atoms with Crippen LogP contribution >= 0.6 is 11.6 Å². The van der Waals surface area contributed by atoms with Gasteiger partial charge in [-0.2, -0.15) is 5.12 Å². The molecule has 2 rings (SSSR count). The lowest BCUT2D eigenvalue weighted by atomic mass is 10.1. The topological polar surface area (TPSA) is 75.7 Å². The quantitative estimate of drug-likeness (QED) is 0.475. The summed E-state index contributed by atoms with van der Waals surface area (Å²) in [6.45, 7) is -0.216. The number of rotatable bonds is 6. The Morgan fingerprint density at radius 3 is 2.50 bits per heavy atom. The number of esters is 1. The van der Waals surface area contributed by atoms with Crippen molar-refractivity contribution >= 4 is 35.1 Å². The van der Waals surface area contributed by atoms with Crippen LogP contribution in [0.15, 0.2) is 48.5 Å². The molecule has 0 heterocycles. The van der Waals surface area contributed by atoms with E-state index in [9.17, 15) is 18.9 Å². The van der Waals surface area contributed by atoms with Gasteiger partial charge in [0.1, 0.15) is 6.42 Å². The van der Waals surface area contributed by atoms with Crippen molar-refractivity contribution in [3.63, 3.8) is 0 Å². The summed E-state index contributed by atoms with van der Waals surface area (Å²) in [7, 11) is 1.16. The van der Waals surface area contributed by atoms with Crippen molar-refractivity contribution in [3.05, 3.63) is 64.7 Å². The van der Waals surface area contributed by atoms with Crippen LogP contribution in [0.1, 0.15) is 22.3 Å². The molecule has 0 saturated heterocycles. The van der Waals surface area contributed by atoms with Gasteiger partial charge in [0, 0.05) is 5.56 Å². The lowest BCUT2D eigenvalue weighted by Gasteiger charge is -2.14. The van der Waals surface area contributed by atoms with E-state index >= 15 is 0 Å². The number of hydrogen-bond donors (Lipinski definition) is 1. The molecular formula is C18H16ClFN2O4. The van der Waals surface area contributed by atoms with E-state index in [1.807, 2.05) is 0 Å².